The summed E-state index contributed by atoms with van der Waals surface area (Å²) in [6, 6.07) is 11.9. The van der Waals surface area contributed by atoms with Gasteiger partial charge >= 0.3 is 0 Å². The molecule has 0 saturated carbocycles. The van der Waals surface area contributed by atoms with E-state index in [4.69, 9.17) is 11.6 Å². The Morgan fingerprint density at radius 3 is 2.57 bits per heavy atom. The molecule has 2 aromatic carbocycles. The van der Waals surface area contributed by atoms with Crippen molar-refractivity contribution in [1.82, 2.24) is 0 Å². The lowest BCUT2D eigenvalue weighted by atomic mass is 10.1. The number of hydrogen-bond donors (Lipinski definition) is 2. The van der Waals surface area contributed by atoms with E-state index in [0.717, 1.165) is 30.3 Å². The number of para-hydroxylation sites is 1. The molecule has 3 rings (SSSR count). The Bertz CT molecular complexity index is 961. The van der Waals surface area contributed by atoms with E-state index in [1.54, 1.807) is 36.4 Å². The van der Waals surface area contributed by atoms with Gasteiger partial charge in [-0.3, -0.25) is 9.52 Å². The van der Waals surface area contributed by atoms with Crippen LogP contribution in [0.2, 0.25) is 5.02 Å². The predicted molar refractivity (Wildman–Crippen MR) is 118 cm³/mol. The van der Waals surface area contributed by atoms with Gasteiger partial charge in [-0.15, -0.1) is 0 Å². The zero-order valence-electron chi connectivity index (χ0n) is 15.4. The lowest BCUT2D eigenvalue weighted by molar-refractivity contribution is 0.102. The average Bonchev–Trinajstić information content (AvgIpc) is 2.69. The molecule has 2 aromatic rings. The van der Waals surface area contributed by atoms with Crippen molar-refractivity contribution in [2.24, 2.45) is 0 Å². The maximum Gasteiger partial charge on any atom is 0.257 e. The zero-order chi connectivity index (χ0) is 20.1. The Kier molecular flexibility index (Phi) is 6.74. The molecule has 0 atom stereocenters. The van der Waals surface area contributed by atoms with E-state index >= 15 is 0 Å². The molecule has 1 heterocycles. The lowest BCUT2D eigenvalue weighted by Crippen LogP contribution is -2.32. The quantitative estimate of drug-likeness (QED) is 0.713. The molecule has 1 amide bonds. The molecule has 1 saturated heterocycles. The van der Waals surface area contributed by atoms with Gasteiger partial charge in [-0.2, -0.15) is 11.8 Å². The van der Waals surface area contributed by atoms with E-state index in [1.165, 1.54) is 6.92 Å². The Morgan fingerprint density at radius 1 is 1.18 bits per heavy atom. The number of halogens is 1. The molecular weight excluding hydrogens is 418 g/mol. The summed E-state index contributed by atoms with van der Waals surface area (Å²) in [7, 11) is -3.48. The van der Waals surface area contributed by atoms with E-state index in [9.17, 15) is 13.2 Å². The maximum atomic E-state index is 12.7. The molecule has 1 aliphatic rings. The molecule has 150 valence electrons. The van der Waals surface area contributed by atoms with Gasteiger partial charge < -0.3 is 10.2 Å². The van der Waals surface area contributed by atoms with Crippen LogP contribution in [0, 0.1) is 0 Å². The average molecular weight is 440 g/mol. The third kappa shape index (κ3) is 5.12. The summed E-state index contributed by atoms with van der Waals surface area (Å²) in [6.45, 7) is 3.43. The van der Waals surface area contributed by atoms with Crippen LogP contribution in [-0.2, 0) is 10.0 Å². The first-order valence-corrected chi connectivity index (χ1v) is 12.1. The van der Waals surface area contributed by atoms with Gasteiger partial charge in [-0.1, -0.05) is 23.7 Å². The summed E-state index contributed by atoms with van der Waals surface area (Å²) < 4.78 is 26.2. The standard InChI is InChI=1S/C19H22ClN3O3S2/c1-2-28(25,26)22-17-6-4-3-5-15(17)19(24)21-14-7-8-18(16(20)13-14)23-9-11-27-12-10-23/h3-8,13,22H,2,9-12H2,1H3,(H,21,24). The third-order valence-electron chi connectivity index (χ3n) is 4.37. The molecule has 2 N–H and O–H groups in total. The summed E-state index contributed by atoms with van der Waals surface area (Å²) in [5.41, 5.74) is 2.00. The Morgan fingerprint density at radius 2 is 1.89 bits per heavy atom. The van der Waals surface area contributed by atoms with Crippen LogP contribution in [-0.4, -0.2) is 44.7 Å². The molecule has 6 nitrogen and oxygen atoms in total. The molecule has 1 fully saturated rings. The number of thioether (sulfide) groups is 1. The monoisotopic (exact) mass is 439 g/mol. The second kappa shape index (κ2) is 9.07. The van der Waals surface area contributed by atoms with Gasteiger partial charge in [0.1, 0.15) is 0 Å². The minimum Gasteiger partial charge on any atom is -0.369 e. The van der Waals surface area contributed by atoms with Crippen LogP contribution in [0.4, 0.5) is 17.1 Å². The fraction of sp³-hybridized carbons (Fsp3) is 0.316. The summed E-state index contributed by atoms with van der Waals surface area (Å²) >= 11 is 8.36. The van der Waals surface area contributed by atoms with Gasteiger partial charge in [-0.05, 0) is 37.3 Å². The Hall–Kier alpha value is -1.90. The lowest BCUT2D eigenvalue weighted by Gasteiger charge is -2.29. The van der Waals surface area contributed by atoms with Crippen LogP contribution in [0.3, 0.4) is 0 Å². The number of nitrogens with zero attached hydrogens (tertiary/aromatic N) is 1. The Balaban J connectivity index is 1.77. The molecule has 9 heteroatoms. The number of sulfonamides is 1. The molecule has 0 aromatic heterocycles. The second-order valence-electron chi connectivity index (χ2n) is 6.27. The summed E-state index contributed by atoms with van der Waals surface area (Å²) in [6.07, 6.45) is 0. The summed E-state index contributed by atoms with van der Waals surface area (Å²) in [5.74, 6) is 1.65. The van der Waals surface area contributed by atoms with Gasteiger partial charge in [-0.25, -0.2) is 8.42 Å². The molecule has 0 bridgehead atoms. The van der Waals surface area contributed by atoms with Crippen molar-refractivity contribution in [1.29, 1.82) is 0 Å². The number of carbonyl (C=O) groups is 1. The largest absolute Gasteiger partial charge is 0.369 e. The van der Waals surface area contributed by atoms with Crippen molar-refractivity contribution in [3.8, 4) is 0 Å². The molecule has 0 radical (unpaired) electrons. The predicted octanol–water partition coefficient (Wildman–Crippen LogP) is 3.91. The first kappa shape index (κ1) is 20.8. The summed E-state index contributed by atoms with van der Waals surface area (Å²) in [4.78, 5) is 14.9. The zero-order valence-corrected chi connectivity index (χ0v) is 17.8. The summed E-state index contributed by atoms with van der Waals surface area (Å²) in [5, 5.41) is 3.37. The van der Waals surface area contributed by atoms with Gasteiger partial charge in [0.05, 0.1) is 27.7 Å². The number of nitrogens with one attached hydrogen (secondary N) is 2. The number of anilines is 3. The number of hydrogen-bond acceptors (Lipinski definition) is 5. The van der Waals surface area contributed by atoms with Crippen molar-refractivity contribution >= 4 is 56.4 Å². The van der Waals surface area contributed by atoms with Crippen LogP contribution < -0.4 is 14.9 Å². The van der Waals surface area contributed by atoms with E-state index < -0.39 is 15.9 Å². The van der Waals surface area contributed by atoms with Crippen molar-refractivity contribution in [2.75, 3.05) is 45.3 Å². The van der Waals surface area contributed by atoms with E-state index in [2.05, 4.69) is 14.9 Å². The highest BCUT2D eigenvalue weighted by atomic mass is 35.5. The van der Waals surface area contributed by atoms with E-state index in [0.29, 0.717) is 10.7 Å². The molecule has 0 aliphatic carbocycles. The SMILES string of the molecule is CCS(=O)(=O)Nc1ccccc1C(=O)Nc1ccc(N2CCSCC2)c(Cl)c1. The van der Waals surface area contributed by atoms with Crippen molar-refractivity contribution < 1.29 is 13.2 Å². The highest BCUT2D eigenvalue weighted by molar-refractivity contribution is 7.99. The first-order valence-electron chi connectivity index (χ1n) is 8.93. The van der Waals surface area contributed by atoms with Crippen LogP contribution in [0.15, 0.2) is 42.5 Å². The van der Waals surface area contributed by atoms with Gasteiger partial charge in [0.25, 0.3) is 5.91 Å². The molecular formula is C19H22ClN3O3S2. The first-order chi connectivity index (χ1) is 13.4. The minimum absolute atomic E-state index is 0.0744. The Labute approximate surface area is 174 Å². The van der Waals surface area contributed by atoms with Crippen molar-refractivity contribution in [2.45, 2.75) is 6.92 Å². The van der Waals surface area contributed by atoms with Crippen LogP contribution in [0.1, 0.15) is 17.3 Å². The van der Waals surface area contributed by atoms with Crippen LogP contribution in [0.5, 0.6) is 0 Å². The normalized spacial score (nSPS) is 14.6. The maximum absolute atomic E-state index is 12.7. The van der Waals surface area contributed by atoms with E-state index in [-0.39, 0.29) is 17.0 Å². The topological polar surface area (TPSA) is 78.5 Å². The van der Waals surface area contributed by atoms with Crippen molar-refractivity contribution in [3.05, 3.63) is 53.1 Å². The molecule has 0 spiro atoms. The third-order valence-corrected chi connectivity index (χ3v) is 6.91. The van der Waals surface area contributed by atoms with Gasteiger partial charge in [0, 0.05) is 30.3 Å². The molecule has 0 unspecified atom stereocenters. The number of rotatable bonds is 6. The molecule has 28 heavy (non-hydrogen) atoms. The minimum atomic E-state index is -3.48. The highest BCUT2D eigenvalue weighted by Crippen LogP contribution is 2.31. The van der Waals surface area contributed by atoms with Crippen molar-refractivity contribution in [3.63, 3.8) is 0 Å². The van der Waals surface area contributed by atoms with Gasteiger partial charge in [0.15, 0.2) is 0 Å². The van der Waals surface area contributed by atoms with E-state index in [1.807, 2.05) is 17.8 Å². The second-order valence-corrected chi connectivity index (χ2v) is 9.91. The number of benzene rings is 2. The smallest absolute Gasteiger partial charge is 0.257 e. The number of amides is 1. The fourth-order valence-corrected chi connectivity index (χ4v) is 4.71. The number of carbonyl (C=O) groups excluding carboxylic acids is 1. The fourth-order valence-electron chi connectivity index (χ4n) is 2.85. The van der Waals surface area contributed by atoms with Crippen LogP contribution in [0.25, 0.3) is 0 Å². The van der Waals surface area contributed by atoms with Gasteiger partial charge in [0.2, 0.25) is 10.0 Å². The van der Waals surface area contributed by atoms with Crippen LogP contribution >= 0.6 is 23.4 Å². The molecule has 1 aliphatic heterocycles. The highest BCUT2D eigenvalue weighted by Gasteiger charge is 2.17.